The molecule has 0 spiro atoms. The molecule has 7 heterocycles. The molecule has 4 aromatic rings. The molecule has 2 aromatic heterocycles. The van der Waals surface area contributed by atoms with Crippen LogP contribution < -0.4 is 20.4 Å². The van der Waals surface area contributed by atoms with Gasteiger partial charge in [0, 0.05) is 69.2 Å². The number of fused-ring (bicyclic) bond motifs is 4. The number of phenolic OH excluding ortho intramolecular Hbond substituents is 1. The van der Waals surface area contributed by atoms with Crippen molar-refractivity contribution in [1.29, 1.82) is 0 Å². The van der Waals surface area contributed by atoms with Gasteiger partial charge < -0.3 is 30.0 Å². The Balaban J connectivity index is 0.765. The molecule has 14 heteroatoms. The third-order valence-electron chi connectivity index (χ3n) is 11.6. The van der Waals surface area contributed by atoms with E-state index >= 15 is 0 Å². The lowest BCUT2D eigenvalue weighted by Crippen LogP contribution is -2.58. The zero-order valence-corrected chi connectivity index (χ0v) is 29.4. The standard InChI is InChI=1S/C39H42N10O4/c50-34-4-2-1-3-30(34)31-18-33-36(45-44-31)40-21-28-23-47(15-16-48(28)33)39-41-19-27(20-42-39)25-10-13-46(14-11-25)12-9-24-5-6-29-26(17-24)22-49(38(29)53)32-7-8-35(51)43-37(32)52/h1-6,17-20,25,28,32,50H,7-16,21-23H2,(H,40,45)(H,43,51,52)/t28-,32?/m0/s1. The smallest absolute Gasteiger partial charge is 0.255 e. The van der Waals surface area contributed by atoms with Gasteiger partial charge in [-0.15, -0.1) is 10.2 Å². The normalized spacial score (nSPS) is 21.9. The highest BCUT2D eigenvalue weighted by Crippen LogP contribution is 2.37. The first-order valence-electron chi connectivity index (χ1n) is 18.6. The Morgan fingerprint density at radius 2 is 1.70 bits per heavy atom. The second-order valence-corrected chi connectivity index (χ2v) is 14.7. The van der Waals surface area contributed by atoms with Crippen molar-refractivity contribution in [3.05, 3.63) is 83.2 Å². The van der Waals surface area contributed by atoms with Crippen LogP contribution in [0, 0.1) is 0 Å². The van der Waals surface area contributed by atoms with E-state index in [1.165, 1.54) is 11.1 Å². The van der Waals surface area contributed by atoms with Gasteiger partial charge in [0.25, 0.3) is 5.91 Å². The molecule has 3 amide bonds. The highest BCUT2D eigenvalue weighted by atomic mass is 16.3. The topological polar surface area (TPSA) is 160 Å². The van der Waals surface area contributed by atoms with Crippen LogP contribution in [0.3, 0.4) is 0 Å². The summed E-state index contributed by atoms with van der Waals surface area (Å²) in [5, 5.41) is 25.0. The van der Waals surface area contributed by atoms with Crippen LogP contribution in [0.2, 0.25) is 0 Å². The van der Waals surface area contributed by atoms with Crippen molar-refractivity contribution in [3.8, 4) is 17.0 Å². The molecule has 2 aromatic carbocycles. The maximum atomic E-state index is 13.1. The average Bonchev–Trinajstić information content (AvgIpc) is 3.51. The summed E-state index contributed by atoms with van der Waals surface area (Å²) in [6.07, 6.45) is 7.66. The largest absolute Gasteiger partial charge is 0.507 e. The van der Waals surface area contributed by atoms with Crippen LogP contribution in [0.15, 0.2) is 60.9 Å². The van der Waals surface area contributed by atoms with Gasteiger partial charge in [0.1, 0.15) is 11.8 Å². The molecule has 14 nitrogen and oxygen atoms in total. The lowest BCUT2D eigenvalue weighted by atomic mass is 9.91. The van der Waals surface area contributed by atoms with Gasteiger partial charge in [-0.05, 0) is 85.6 Å². The molecular formula is C39H42N10O4. The van der Waals surface area contributed by atoms with E-state index in [1.54, 1.807) is 17.0 Å². The maximum absolute atomic E-state index is 13.1. The predicted octanol–water partition coefficient (Wildman–Crippen LogP) is 2.94. The van der Waals surface area contributed by atoms with E-state index in [-0.39, 0.29) is 35.9 Å². The van der Waals surface area contributed by atoms with Gasteiger partial charge in [0.2, 0.25) is 17.8 Å². The van der Waals surface area contributed by atoms with E-state index in [4.69, 9.17) is 9.97 Å². The number of hydrogen-bond acceptors (Lipinski definition) is 12. The lowest BCUT2D eigenvalue weighted by Gasteiger charge is -2.45. The molecule has 5 aliphatic rings. The minimum absolute atomic E-state index is 0.132. The molecule has 3 N–H and O–H groups in total. The summed E-state index contributed by atoms with van der Waals surface area (Å²) < 4.78 is 0. The number of piperidine rings is 2. The number of carbonyl (C=O) groups excluding carboxylic acids is 3. The van der Waals surface area contributed by atoms with Gasteiger partial charge in [-0.1, -0.05) is 24.3 Å². The number of carbonyl (C=O) groups is 3. The highest BCUT2D eigenvalue weighted by molar-refractivity contribution is 6.05. The molecule has 53 heavy (non-hydrogen) atoms. The SMILES string of the molecule is O=C1CCC(N2Cc3cc(CCN4CCC(c5cnc(N6CCN7c8cc(-c9ccccc9O)nnc8NC[C@H]7C6)nc5)CC4)ccc3C2=O)C(=O)N1. The molecule has 5 aliphatic heterocycles. The predicted molar refractivity (Wildman–Crippen MR) is 198 cm³/mol. The van der Waals surface area contributed by atoms with Crippen LogP contribution in [0.1, 0.15) is 58.6 Å². The highest BCUT2D eigenvalue weighted by Gasteiger charge is 2.39. The summed E-state index contributed by atoms with van der Waals surface area (Å²) >= 11 is 0. The number of likely N-dealkylation sites (tertiary alicyclic amines) is 1. The molecule has 0 saturated carbocycles. The molecule has 1 unspecified atom stereocenters. The van der Waals surface area contributed by atoms with Crippen molar-refractivity contribution in [2.45, 2.75) is 56.7 Å². The minimum atomic E-state index is -0.591. The average molecular weight is 715 g/mol. The number of imide groups is 1. The number of aromatic hydroxyl groups is 1. The third-order valence-corrected chi connectivity index (χ3v) is 11.6. The number of aromatic nitrogens is 4. The van der Waals surface area contributed by atoms with E-state index in [1.807, 2.05) is 42.7 Å². The first-order chi connectivity index (χ1) is 25.9. The summed E-state index contributed by atoms with van der Waals surface area (Å²) in [6.45, 7) is 6.50. The Kier molecular flexibility index (Phi) is 8.61. The van der Waals surface area contributed by atoms with E-state index < -0.39 is 6.04 Å². The third kappa shape index (κ3) is 6.41. The zero-order valence-electron chi connectivity index (χ0n) is 29.4. The molecule has 0 radical (unpaired) electrons. The molecule has 272 valence electrons. The molecule has 2 atom stereocenters. The van der Waals surface area contributed by atoms with Gasteiger partial charge in [0.05, 0.1) is 17.4 Å². The number of anilines is 3. The van der Waals surface area contributed by atoms with Crippen LogP contribution in [0.5, 0.6) is 5.75 Å². The van der Waals surface area contributed by atoms with Crippen LogP contribution >= 0.6 is 0 Å². The number of nitrogens with zero attached hydrogens (tertiary/aromatic N) is 8. The van der Waals surface area contributed by atoms with E-state index in [9.17, 15) is 19.5 Å². The maximum Gasteiger partial charge on any atom is 0.255 e. The number of hydrogen-bond donors (Lipinski definition) is 3. The van der Waals surface area contributed by atoms with Crippen LogP contribution in [-0.2, 0) is 22.6 Å². The summed E-state index contributed by atoms with van der Waals surface area (Å²) in [6, 6.07) is 14.9. The molecular weight excluding hydrogens is 672 g/mol. The Bertz CT molecular complexity index is 2070. The van der Waals surface area contributed by atoms with Crippen molar-refractivity contribution in [2.24, 2.45) is 0 Å². The van der Waals surface area contributed by atoms with Crippen LogP contribution in [-0.4, -0.2) is 111 Å². The number of rotatable bonds is 7. The second kappa shape index (κ2) is 13.7. The van der Waals surface area contributed by atoms with Crippen molar-refractivity contribution in [3.63, 3.8) is 0 Å². The second-order valence-electron chi connectivity index (χ2n) is 14.7. The van der Waals surface area contributed by atoms with Crippen molar-refractivity contribution < 1.29 is 19.5 Å². The van der Waals surface area contributed by atoms with Gasteiger partial charge in [-0.3, -0.25) is 19.7 Å². The van der Waals surface area contributed by atoms with E-state index in [2.05, 4.69) is 41.6 Å². The van der Waals surface area contributed by atoms with Gasteiger partial charge in [0.15, 0.2) is 5.82 Å². The van der Waals surface area contributed by atoms with Gasteiger partial charge in [-0.25, -0.2) is 9.97 Å². The van der Waals surface area contributed by atoms with Crippen molar-refractivity contribution >= 4 is 35.2 Å². The first kappa shape index (κ1) is 33.2. The van der Waals surface area contributed by atoms with E-state index in [0.29, 0.717) is 35.7 Å². The Hall–Kier alpha value is -5.63. The quantitative estimate of drug-likeness (QED) is 0.241. The van der Waals surface area contributed by atoms with Crippen LogP contribution in [0.25, 0.3) is 11.3 Å². The van der Waals surface area contributed by atoms with Crippen LogP contribution in [0.4, 0.5) is 17.5 Å². The van der Waals surface area contributed by atoms with Crippen molar-refractivity contribution in [1.82, 2.24) is 35.3 Å². The number of para-hydroxylation sites is 1. The fraction of sp³-hybridized carbons (Fsp3) is 0.410. The van der Waals surface area contributed by atoms with Crippen molar-refractivity contribution in [2.75, 3.05) is 60.9 Å². The number of piperazine rings is 1. The fourth-order valence-corrected chi connectivity index (χ4v) is 8.56. The molecule has 0 aliphatic carbocycles. The lowest BCUT2D eigenvalue weighted by molar-refractivity contribution is -0.136. The molecule has 9 rings (SSSR count). The Morgan fingerprint density at radius 3 is 2.51 bits per heavy atom. The number of benzene rings is 2. The minimum Gasteiger partial charge on any atom is -0.507 e. The summed E-state index contributed by atoms with van der Waals surface area (Å²) in [5.41, 5.74) is 6.31. The van der Waals surface area contributed by atoms with Gasteiger partial charge >= 0.3 is 0 Å². The first-order valence-corrected chi connectivity index (χ1v) is 18.6. The molecule has 3 fully saturated rings. The molecule has 3 saturated heterocycles. The van der Waals surface area contributed by atoms with E-state index in [0.717, 1.165) is 88.1 Å². The zero-order chi connectivity index (χ0) is 36.1. The number of nitrogens with one attached hydrogen (secondary N) is 2. The monoisotopic (exact) mass is 714 g/mol. The summed E-state index contributed by atoms with van der Waals surface area (Å²) in [4.78, 5) is 55.5. The van der Waals surface area contributed by atoms with Gasteiger partial charge in [-0.2, -0.15) is 0 Å². The summed E-state index contributed by atoms with van der Waals surface area (Å²) in [7, 11) is 0. The summed E-state index contributed by atoms with van der Waals surface area (Å²) in [5.74, 6) is 1.36. The number of phenols is 1. The molecule has 0 bridgehead atoms. The fourth-order valence-electron chi connectivity index (χ4n) is 8.56. The number of amides is 3. The Morgan fingerprint density at radius 1 is 0.868 bits per heavy atom. The Labute approximate surface area is 307 Å².